The van der Waals surface area contributed by atoms with Crippen LogP contribution in [-0.4, -0.2) is 49.1 Å². The number of anilines is 1. The van der Waals surface area contributed by atoms with E-state index in [4.69, 9.17) is 11.6 Å². The van der Waals surface area contributed by atoms with Crippen LogP contribution in [0.25, 0.3) is 0 Å². The molecule has 1 heterocycles. The molecule has 0 aromatic heterocycles. The number of hydrogen-bond donors (Lipinski definition) is 2. The van der Waals surface area contributed by atoms with Gasteiger partial charge in [-0.15, -0.1) is 0 Å². The number of sulfonamides is 1. The summed E-state index contributed by atoms with van der Waals surface area (Å²) in [5.41, 5.74) is -0.0281. The Morgan fingerprint density at radius 2 is 1.86 bits per heavy atom. The van der Waals surface area contributed by atoms with Gasteiger partial charge < -0.3 is 10.4 Å². The molecule has 2 atom stereocenters. The van der Waals surface area contributed by atoms with Crippen LogP contribution in [0.4, 0.5) is 18.9 Å². The van der Waals surface area contributed by atoms with Crippen LogP contribution in [0.2, 0.25) is 5.02 Å². The number of piperidine rings is 1. The molecule has 0 aliphatic carbocycles. The number of carbonyl (C=O) groups is 1. The maximum Gasteiger partial charge on any atom is 0.255 e. The quantitative estimate of drug-likeness (QED) is 0.753. The van der Waals surface area contributed by atoms with E-state index in [1.54, 1.807) is 0 Å². The molecule has 1 aliphatic rings. The number of amides is 1. The second kappa shape index (κ2) is 8.31. The summed E-state index contributed by atoms with van der Waals surface area (Å²) in [5, 5.41) is 11.6. The molecule has 11 heteroatoms. The highest BCUT2D eigenvalue weighted by Crippen LogP contribution is 2.26. The minimum atomic E-state index is -4.43. The third kappa shape index (κ3) is 4.55. The van der Waals surface area contributed by atoms with Crippen molar-refractivity contribution in [2.24, 2.45) is 0 Å². The summed E-state index contributed by atoms with van der Waals surface area (Å²) in [5.74, 6) is -2.56. The van der Waals surface area contributed by atoms with E-state index in [2.05, 4.69) is 5.32 Å². The molecule has 3 rings (SSSR count). The van der Waals surface area contributed by atoms with Crippen LogP contribution in [0.15, 0.2) is 41.3 Å². The summed E-state index contributed by atoms with van der Waals surface area (Å²) < 4.78 is 67.4. The molecule has 2 aromatic carbocycles. The summed E-state index contributed by atoms with van der Waals surface area (Å²) in [6, 6.07) is 6.18. The molecule has 2 unspecified atom stereocenters. The first-order valence-corrected chi connectivity index (χ1v) is 10.3. The fourth-order valence-electron chi connectivity index (χ4n) is 2.84. The SMILES string of the molecule is O=C(Nc1ccc(F)c(Cl)c1)c1ccc(F)c(S(=O)(=O)N2CCC(O)C(F)C2)c1. The number of halogens is 4. The van der Waals surface area contributed by atoms with Crippen LogP contribution < -0.4 is 5.32 Å². The van der Waals surface area contributed by atoms with E-state index in [1.165, 1.54) is 6.07 Å². The highest BCUT2D eigenvalue weighted by atomic mass is 35.5. The van der Waals surface area contributed by atoms with Crippen molar-refractivity contribution in [3.63, 3.8) is 0 Å². The van der Waals surface area contributed by atoms with E-state index < -0.39 is 51.3 Å². The van der Waals surface area contributed by atoms with Gasteiger partial charge in [0.05, 0.1) is 11.1 Å². The smallest absolute Gasteiger partial charge is 0.255 e. The number of nitrogens with one attached hydrogen (secondary N) is 1. The molecule has 6 nitrogen and oxygen atoms in total. The third-order valence-electron chi connectivity index (χ3n) is 4.46. The lowest BCUT2D eigenvalue weighted by molar-refractivity contribution is 0.0303. The molecule has 0 bridgehead atoms. The first-order chi connectivity index (χ1) is 13.6. The molecule has 1 amide bonds. The van der Waals surface area contributed by atoms with E-state index in [0.29, 0.717) is 0 Å². The maximum absolute atomic E-state index is 14.2. The van der Waals surface area contributed by atoms with Gasteiger partial charge in [-0.2, -0.15) is 4.31 Å². The average molecular weight is 449 g/mol. The fraction of sp³-hybridized carbons (Fsp3) is 0.278. The Labute approximate surface area is 169 Å². The monoisotopic (exact) mass is 448 g/mol. The van der Waals surface area contributed by atoms with Crippen molar-refractivity contribution in [2.75, 3.05) is 18.4 Å². The third-order valence-corrected chi connectivity index (χ3v) is 6.63. The van der Waals surface area contributed by atoms with E-state index in [-0.39, 0.29) is 29.2 Å². The molecule has 0 radical (unpaired) electrons. The Balaban J connectivity index is 1.87. The number of rotatable bonds is 4. The van der Waals surface area contributed by atoms with Crippen LogP contribution >= 0.6 is 11.6 Å². The first-order valence-electron chi connectivity index (χ1n) is 8.48. The van der Waals surface area contributed by atoms with Gasteiger partial charge in [0.25, 0.3) is 5.91 Å². The summed E-state index contributed by atoms with van der Waals surface area (Å²) in [6.45, 7) is -0.804. The van der Waals surface area contributed by atoms with Gasteiger partial charge in [-0.05, 0) is 42.8 Å². The van der Waals surface area contributed by atoms with Crippen molar-refractivity contribution in [1.29, 1.82) is 0 Å². The second-order valence-electron chi connectivity index (χ2n) is 6.46. The van der Waals surface area contributed by atoms with Gasteiger partial charge in [0, 0.05) is 24.3 Å². The van der Waals surface area contributed by atoms with Crippen molar-refractivity contribution in [2.45, 2.75) is 23.6 Å². The molecule has 1 fully saturated rings. The molecule has 29 heavy (non-hydrogen) atoms. The lowest BCUT2D eigenvalue weighted by Gasteiger charge is -2.31. The van der Waals surface area contributed by atoms with E-state index in [1.807, 2.05) is 0 Å². The predicted octanol–water partition coefficient (Wildman–Crippen LogP) is 2.96. The lowest BCUT2D eigenvalue weighted by atomic mass is 10.1. The normalized spacial score (nSPS) is 20.4. The highest BCUT2D eigenvalue weighted by molar-refractivity contribution is 7.89. The number of aliphatic hydroxyl groups is 1. The van der Waals surface area contributed by atoms with Crippen molar-refractivity contribution < 1.29 is 31.5 Å². The van der Waals surface area contributed by atoms with Gasteiger partial charge in [-0.1, -0.05) is 11.6 Å². The average Bonchev–Trinajstić information content (AvgIpc) is 2.67. The van der Waals surface area contributed by atoms with Gasteiger partial charge in [0.2, 0.25) is 10.0 Å². The number of aliphatic hydroxyl groups excluding tert-OH is 1. The van der Waals surface area contributed by atoms with Crippen LogP contribution in [0.3, 0.4) is 0 Å². The van der Waals surface area contributed by atoms with Gasteiger partial charge >= 0.3 is 0 Å². The number of nitrogens with zero attached hydrogens (tertiary/aromatic N) is 1. The van der Waals surface area contributed by atoms with E-state index in [9.17, 15) is 31.5 Å². The predicted molar refractivity (Wildman–Crippen MR) is 100 cm³/mol. The van der Waals surface area contributed by atoms with Crippen molar-refractivity contribution in [3.8, 4) is 0 Å². The van der Waals surface area contributed by atoms with Crippen molar-refractivity contribution >= 4 is 33.2 Å². The maximum atomic E-state index is 14.2. The second-order valence-corrected chi connectivity index (χ2v) is 8.78. The van der Waals surface area contributed by atoms with Crippen LogP contribution in [0, 0.1) is 11.6 Å². The standard InChI is InChI=1S/C18H16ClF3N2O4S/c19-12-8-11(2-4-13(12)20)23-18(26)10-1-3-14(21)17(7-10)29(27,28)24-6-5-16(25)15(22)9-24/h1-4,7-8,15-16,25H,5-6,9H2,(H,23,26). The molecule has 1 saturated heterocycles. The van der Waals surface area contributed by atoms with Crippen LogP contribution in [0.5, 0.6) is 0 Å². The summed E-state index contributed by atoms with van der Waals surface area (Å²) in [7, 11) is -4.43. The topological polar surface area (TPSA) is 86.7 Å². The molecule has 2 aromatic rings. The van der Waals surface area contributed by atoms with Gasteiger partial charge in [-0.25, -0.2) is 21.6 Å². The van der Waals surface area contributed by atoms with Gasteiger partial charge in [0.1, 0.15) is 22.7 Å². The van der Waals surface area contributed by atoms with Crippen LogP contribution in [0.1, 0.15) is 16.8 Å². The van der Waals surface area contributed by atoms with Gasteiger partial charge in [-0.3, -0.25) is 4.79 Å². The first kappa shape index (κ1) is 21.6. The molecule has 0 spiro atoms. The van der Waals surface area contributed by atoms with Crippen molar-refractivity contribution in [1.82, 2.24) is 4.31 Å². The Morgan fingerprint density at radius 1 is 1.17 bits per heavy atom. The van der Waals surface area contributed by atoms with Crippen molar-refractivity contribution in [3.05, 3.63) is 58.6 Å². The molecule has 156 valence electrons. The minimum absolute atomic E-state index is 0.131. The Bertz CT molecular complexity index is 1050. The lowest BCUT2D eigenvalue weighted by Crippen LogP contribution is -2.47. The molecule has 2 N–H and O–H groups in total. The fourth-order valence-corrected chi connectivity index (χ4v) is 4.57. The Hall–Kier alpha value is -2.14. The highest BCUT2D eigenvalue weighted by Gasteiger charge is 2.36. The zero-order chi connectivity index (χ0) is 21.3. The van der Waals surface area contributed by atoms with Crippen LogP contribution in [-0.2, 0) is 10.0 Å². The molecule has 0 saturated carbocycles. The molecule has 1 aliphatic heterocycles. The zero-order valence-electron chi connectivity index (χ0n) is 14.8. The number of alkyl halides is 1. The summed E-state index contributed by atoms with van der Waals surface area (Å²) in [4.78, 5) is 11.6. The van der Waals surface area contributed by atoms with E-state index in [0.717, 1.165) is 34.6 Å². The number of hydrogen-bond acceptors (Lipinski definition) is 4. The number of benzene rings is 2. The Kier molecular flexibility index (Phi) is 6.18. The summed E-state index contributed by atoms with van der Waals surface area (Å²) in [6.07, 6.45) is -3.21. The molecular formula is C18H16ClF3N2O4S. The largest absolute Gasteiger partial charge is 0.390 e. The minimum Gasteiger partial charge on any atom is -0.390 e. The summed E-state index contributed by atoms with van der Waals surface area (Å²) >= 11 is 5.65. The Morgan fingerprint density at radius 3 is 2.52 bits per heavy atom. The number of carbonyl (C=O) groups excluding carboxylic acids is 1. The zero-order valence-corrected chi connectivity index (χ0v) is 16.4. The molecular weight excluding hydrogens is 433 g/mol. The van der Waals surface area contributed by atoms with Gasteiger partial charge in [0.15, 0.2) is 0 Å². The van der Waals surface area contributed by atoms with E-state index >= 15 is 0 Å².